The molecule has 1 aromatic heterocycles. The van der Waals surface area contributed by atoms with E-state index in [0.29, 0.717) is 26.1 Å². The molecule has 0 radical (unpaired) electrons. The van der Waals surface area contributed by atoms with Crippen molar-refractivity contribution in [3.05, 3.63) is 17.0 Å². The van der Waals surface area contributed by atoms with Crippen LogP contribution in [-0.2, 0) is 33.7 Å². The average molecular weight is 404 g/mol. The Morgan fingerprint density at radius 2 is 2.07 bits per heavy atom. The monoisotopic (exact) mass is 403 g/mol. The number of aryl methyl sites for hydroxylation is 2. The van der Waals surface area contributed by atoms with E-state index in [2.05, 4.69) is 5.32 Å². The summed E-state index contributed by atoms with van der Waals surface area (Å²) in [6, 6.07) is 0. The number of aromatic nitrogens is 2. The van der Waals surface area contributed by atoms with Gasteiger partial charge in [0.2, 0.25) is 0 Å². The van der Waals surface area contributed by atoms with Gasteiger partial charge in [0.25, 0.3) is 5.91 Å². The lowest BCUT2D eigenvalue weighted by atomic mass is 9.76. The van der Waals surface area contributed by atoms with Crippen LogP contribution in [0.3, 0.4) is 0 Å². The van der Waals surface area contributed by atoms with Gasteiger partial charge in [0.15, 0.2) is 0 Å². The maximum atomic E-state index is 12.8. The number of ether oxygens (including phenoxy) is 2. The highest BCUT2D eigenvalue weighted by Gasteiger charge is 2.39. The fraction of sp³-hybridized carbons (Fsp3) is 0.773. The first-order valence-corrected chi connectivity index (χ1v) is 11.2. The number of hydrogen-bond acceptors (Lipinski definition) is 5. The van der Waals surface area contributed by atoms with E-state index in [9.17, 15) is 9.59 Å². The molecule has 1 saturated heterocycles. The molecule has 7 heteroatoms. The summed E-state index contributed by atoms with van der Waals surface area (Å²) in [6.45, 7) is 5.32. The van der Waals surface area contributed by atoms with Crippen molar-refractivity contribution in [2.75, 3.05) is 26.4 Å². The number of nitrogens with one attached hydrogen (secondary N) is 1. The van der Waals surface area contributed by atoms with Gasteiger partial charge < -0.3 is 14.8 Å². The van der Waals surface area contributed by atoms with Gasteiger partial charge in [-0.05, 0) is 43.9 Å². The minimum atomic E-state index is -0.0448. The summed E-state index contributed by atoms with van der Waals surface area (Å²) in [5.41, 5.74) is 2.72. The number of amides is 1. The minimum absolute atomic E-state index is 0.000807. The smallest absolute Gasteiger partial charge is 0.308 e. The molecular weight excluding hydrogens is 370 g/mol. The summed E-state index contributed by atoms with van der Waals surface area (Å²) >= 11 is 0. The highest BCUT2D eigenvalue weighted by Crippen LogP contribution is 2.37. The van der Waals surface area contributed by atoms with Crippen molar-refractivity contribution in [3.63, 3.8) is 0 Å². The molecule has 0 bridgehead atoms. The predicted molar refractivity (Wildman–Crippen MR) is 108 cm³/mol. The highest BCUT2D eigenvalue weighted by atomic mass is 16.5. The van der Waals surface area contributed by atoms with Crippen LogP contribution >= 0.6 is 0 Å². The van der Waals surface area contributed by atoms with Crippen molar-refractivity contribution in [1.29, 1.82) is 0 Å². The van der Waals surface area contributed by atoms with Crippen LogP contribution in [-0.4, -0.2) is 48.0 Å². The van der Waals surface area contributed by atoms with Crippen LogP contribution < -0.4 is 5.32 Å². The maximum Gasteiger partial charge on any atom is 0.308 e. The molecule has 4 rings (SSSR count). The second-order valence-corrected chi connectivity index (χ2v) is 8.82. The topological polar surface area (TPSA) is 82.5 Å². The number of rotatable bonds is 6. The summed E-state index contributed by atoms with van der Waals surface area (Å²) in [7, 11) is 0. The molecule has 3 aliphatic rings. The quantitative estimate of drug-likeness (QED) is 0.583. The molecule has 1 aliphatic carbocycles. The fourth-order valence-electron chi connectivity index (χ4n) is 5.02. The lowest BCUT2D eigenvalue weighted by Gasteiger charge is -2.36. The van der Waals surface area contributed by atoms with E-state index in [1.807, 2.05) is 11.6 Å². The molecule has 3 heterocycles. The molecule has 1 amide bonds. The molecule has 29 heavy (non-hydrogen) atoms. The summed E-state index contributed by atoms with van der Waals surface area (Å²) in [4.78, 5) is 24.9. The van der Waals surface area contributed by atoms with Gasteiger partial charge in [-0.1, -0.05) is 19.8 Å². The zero-order valence-electron chi connectivity index (χ0n) is 17.5. The zero-order chi connectivity index (χ0) is 20.3. The number of carbonyl (C=O) groups excluding carboxylic acids is 2. The summed E-state index contributed by atoms with van der Waals surface area (Å²) in [6.07, 6.45) is 8.40. The van der Waals surface area contributed by atoms with E-state index in [-0.39, 0.29) is 23.2 Å². The van der Waals surface area contributed by atoms with Gasteiger partial charge in [0.05, 0.1) is 29.5 Å². The van der Waals surface area contributed by atoms with Gasteiger partial charge in [0.1, 0.15) is 0 Å². The van der Waals surface area contributed by atoms with Gasteiger partial charge in [-0.2, -0.15) is 5.10 Å². The van der Waals surface area contributed by atoms with Crippen LogP contribution in [0.25, 0.3) is 0 Å². The summed E-state index contributed by atoms with van der Waals surface area (Å²) in [5.74, 6) is 0.0513. The third-order valence-corrected chi connectivity index (χ3v) is 6.86. The number of nitrogens with zero attached hydrogens (tertiary/aromatic N) is 2. The van der Waals surface area contributed by atoms with E-state index < -0.39 is 0 Å². The number of carbonyl (C=O) groups is 2. The first-order chi connectivity index (χ1) is 14.1. The second kappa shape index (κ2) is 8.86. The zero-order valence-corrected chi connectivity index (χ0v) is 17.5. The van der Waals surface area contributed by atoms with E-state index >= 15 is 0 Å². The standard InChI is InChI=1S/C22H33N3O4/c1-2-17-19-18(14-22(15-23-20(19)26)8-12-28-13-9-22)25(24-17)10-5-11-29-21(27)16-6-3-4-7-16/h16H,2-15H2,1H3,(H,23,26). The third-order valence-electron chi connectivity index (χ3n) is 6.86. The van der Waals surface area contributed by atoms with Crippen molar-refractivity contribution < 1.29 is 19.1 Å². The highest BCUT2D eigenvalue weighted by molar-refractivity contribution is 5.97. The van der Waals surface area contributed by atoms with Gasteiger partial charge >= 0.3 is 5.97 Å². The van der Waals surface area contributed by atoms with Crippen LogP contribution in [0.15, 0.2) is 0 Å². The van der Waals surface area contributed by atoms with Crippen LogP contribution in [0.2, 0.25) is 0 Å². The normalized spacial score (nSPS) is 21.6. The van der Waals surface area contributed by atoms with Gasteiger partial charge in [-0.25, -0.2) is 0 Å². The van der Waals surface area contributed by atoms with Gasteiger partial charge in [-0.3, -0.25) is 14.3 Å². The molecule has 1 aromatic rings. The first kappa shape index (κ1) is 20.4. The maximum absolute atomic E-state index is 12.8. The van der Waals surface area contributed by atoms with Crippen molar-refractivity contribution in [3.8, 4) is 0 Å². The van der Waals surface area contributed by atoms with Crippen molar-refractivity contribution in [2.24, 2.45) is 11.3 Å². The van der Waals surface area contributed by atoms with Gasteiger partial charge in [-0.15, -0.1) is 0 Å². The number of esters is 1. The Bertz CT molecular complexity index is 745. The second-order valence-electron chi connectivity index (χ2n) is 8.82. The van der Waals surface area contributed by atoms with Crippen molar-refractivity contribution in [1.82, 2.24) is 15.1 Å². The lowest BCUT2D eigenvalue weighted by molar-refractivity contribution is -0.148. The largest absolute Gasteiger partial charge is 0.465 e. The van der Waals surface area contributed by atoms with E-state index in [4.69, 9.17) is 14.6 Å². The van der Waals surface area contributed by atoms with E-state index in [1.165, 1.54) is 0 Å². The van der Waals surface area contributed by atoms with Crippen molar-refractivity contribution >= 4 is 11.9 Å². The molecule has 1 spiro atoms. The van der Waals surface area contributed by atoms with Crippen LogP contribution in [0.1, 0.15) is 73.6 Å². The Kier molecular flexibility index (Phi) is 6.23. The van der Waals surface area contributed by atoms with Crippen LogP contribution in [0, 0.1) is 11.3 Å². The Labute approximate surface area is 172 Å². The molecule has 2 aliphatic heterocycles. The SMILES string of the molecule is CCc1nn(CCCOC(=O)C2CCCC2)c2c1C(=O)NCC1(CCOCC1)C2. The molecule has 1 N–H and O–H groups in total. The van der Waals surface area contributed by atoms with Gasteiger partial charge in [0, 0.05) is 32.7 Å². The molecule has 0 unspecified atom stereocenters. The molecule has 2 fully saturated rings. The Hall–Kier alpha value is -1.89. The average Bonchev–Trinajstić information content (AvgIpc) is 3.36. The number of fused-ring (bicyclic) bond motifs is 1. The summed E-state index contributed by atoms with van der Waals surface area (Å²) in [5, 5.41) is 7.90. The predicted octanol–water partition coefficient (Wildman–Crippen LogP) is 2.65. The Morgan fingerprint density at radius 3 is 2.79 bits per heavy atom. The molecular formula is C22H33N3O4. The Morgan fingerprint density at radius 1 is 1.31 bits per heavy atom. The molecule has 1 saturated carbocycles. The Balaban J connectivity index is 1.44. The first-order valence-electron chi connectivity index (χ1n) is 11.2. The third kappa shape index (κ3) is 4.34. The fourth-order valence-corrected chi connectivity index (χ4v) is 5.02. The van der Waals surface area contributed by atoms with Crippen LogP contribution in [0.4, 0.5) is 0 Å². The van der Waals surface area contributed by atoms with Crippen molar-refractivity contribution in [2.45, 2.75) is 71.3 Å². The van der Waals surface area contributed by atoms with E-state index in [0.717, 1.165) is 81.5 Å². The lowest BCUT2D eigenvalue weighted by Crippen LogP contribution is -2.40. The number of hydrogen-bond donors (Lipinski definition) is 1. The molecule has 160 valence electrons. The van der Waals surface area contributed by atoms with Crippen LogP contribution in [0.5, 0.6) is 0 Å². The molecule has 0 atom stereocenters. The molecule has 7 nitrogen and oxygen atoms in total. The molecule has 0 aromatic carbocycles. The minimum Gasteiger partial charge on any atom is -0.465 e. The van der Waals surface area contributed by atoms with E-state index in [1.54, 1.807) is 0 Å². The summed E-state index contributed by atoms with van der Waals surface area (Å²) < 4.78 is 13.1.